The lowest BCUT2D eigenvalue weighted by molar-refractivity contribution is -0.113. The second-order valence-electron chi connectivity index (χ2n) is 11.7. The summed E-state index contributed by atoms with van der Waals surface area (Å²) in [7, 11) is 5.33. The highest BCUT2D eigenvalue weighted by Crippen LogP contribution is 2.31. The van der Waals surface area contributed by atoms with E-state index >= 15 is 0 Å². The molecule has 0 N–H and O–H groups in total. The van der Waals surface area contributed by atoms with Crippen LogP contribution in [0.15, 0.2) is 133 Å². The molecule has 0 aliphatic carbocycles. The molecule has 6 aromatic rings. The molecule has 1 fully saturated rings. The maximum Gasteiger partial charge on any atom is 0.187 e. The largest absolute Gasteiger partial charge is 0.497 e. The average Bonchev–Trinajstić information content (AvgIpc) is 3.76. The van der Waals surface area contributed by atoms with Crippen LogP contribution in [0.1, 0.15) is 11.1 Å². The number of rotatable bonds is 8. The normalized spacial score (nSPS) is 15.3. The molecule has 48 heavy (non-hydrogen) atoms. The molecule has 1 saturated heterocycles. The van der Waals surface area contributed by atoms with Gasteiger partial charge in [-0.25, -0.2) is 9.36 Å². The summed E-state index contributed by atoms with van der Waals surface area (Å²) in [4.78, 5) is 16.4. The van der Waals surface area contributed by atoms with Crippen molar-refractivity contribution in [2.45, 2.75) is 0 Å². The number of hydrogen-bond donors (Lipinski definition) is 0. The van der Waals surface area contributed by atoms with Gasteiger partial charge >= 0.3 is 0 Å². The molecule has 7 rings (SSSR count). The molecule has 0 atom stereocenters. The second-order valence-corrected chi connectivity index (χ2v) is 11.7. The topological polar surface area (TPSA) is 74.4 Å². The van der Waals surface area contributed by atoms with Crippen LogP contribution in [-0.4, -0.2) is 64.6 Å². The molecular weight excluding hydrogens is 598 g/mol. The predicted molar refractivity (Wildman–Crippen MR) is 190 cm³/mol. The van der Waals surface area contributed by atoms with E-state index in [4.69, 9.17) is 19.7 Å². The lowest BCUT2D eigenvalue weighted by atomic mass is 9.94. The third kappa shape index (κ3) is 6.34. The lowest BCUT2D eigenvalue weighted by Gasteiger charge is -2.26. The summed E-state index contributed by atoms with van der Waals surface area (Å²) >= 11 is 0. The zero-order chi connectivity index (χ0) is 33.0. The first-order valence-electron chi connectivity index (χ1n) is 15.7. The molecule has 1 aliphatic rings. The fourth-order valence-corrected chi connectivity index (χ4v) is 5.94. The molecule has 0 bridgehead atoms. The maximum absolute atomic E-state index is 14.2. The quantitative estimate of drug-likeness (QED) is 0.163. The van der Waals surface area contributed by atoms with Crippen molar-refractivity contribution in [2.24, 2.45) is 0 Å². The Hall–Kier alpha value is -5.99. The van der Waals surface area contributed by atoms with Crippen molar-refractivity contribution in [3.8, 4) is 45.4 Å². The third-order valence-electron chi connectivity index (χ3n) is 8.38. The summed E-state index contributed by atoms with van der Waals surface area (Å²) < 4.78 is 14.5. The van der Waals surface area contributed by atoms with E-state index in [1.807, 2.05) is 150 Å². The van der Waals surface area contributed by atoms with Crippen molar-refractivity contribution >= 4 is 17.9 Å². The summed E-state index contributed by atoms with van der Waals surface area (Å²) in [6.07, 6.45) is 7.93. The first kappa shape index (κ1) is 30.7. The SMILES string of the molecule is COc1ccc(-c2nn(-c3ccccc3)cc2/C=C2\CN(C)C/C(=C\c3cn(-c4ccccc4)nc3-c3ccc(OC)cc3)C2=O)cc1. The van der Waals surface area contributed by atoms with Crippen LogP contribution in [0.4, 0.5) is 0 Å². The molecule has 8 nitrogen and oxygen atoms in total. The molecule has 0 unspecified atom stereocenters. The number of benzene rings is 4. The lowest BCUT2D eigenvalue weighted by Crippen LogP contribution is -2.34. The van der Waals surface area contributed by atoms with Crippen molar-refractivity contribution < 1.29 is 14.3 Å². The van der Waals surface area contributed by atoms with Crippen LogP contribution in [0.2, 0.25) is 0 Å². The van der Waals surface area contributed by atoms with Crippen LogP contribution in [0, 0.1) is 0 Å². The van der Waals surface area contributed by atoms with Gasteiger partial charge in [-0.05, 0) is 92.0 Å². The Labute approximate surface area is 279 Å². The van der Waals surface area contributed by atoms with Crippen LogP contribution < -0.4 is 9.47 Å². The van der Waals surface area contributed by atoms with Crippen LogP contribution >= 0.6 is 0 Å². The van der Waals surface area contributed by atoms with Gasteiger partial charge in [0, 0.05) is 58.9 Å². The minimum Gasteiger partial charge on any atom is -0.497 e. The number of likely N-dealkylation sites (tertiary alicyclic amines) is 1. The summed E-state index contributed by atoms with van der Waals surface area (Å²) in [6.45, 7) is 1.03. The van der Waals surface area contributed by atoms with Crippen LogP contribution in [0.3, 0.4) is 0 Å². The number of piperidine rings is 1. The maximum atomic E-state index is 14.2. The summed E-state index contributed by atoms with van der Waals surface area (Å²) in [5, 5.41) is 9.93. The first-order chi connectivity index (χ1) is 23.5. The van der Waals surface area contributed by atoms with E-state index in [9.17, 15) is 4.79 Å². The number of likely N-dealkylation sites (N-methyl/N-ethyl adjacent to an activating group) is 1. The number of ketones is 1. The minimum absolute atomic E-state index is 0.00869. The van der Waals surface area contributed by atoms with Crippen molar-refractivity contribution in [2.75, 3.05) is 34.4 Å². The van der Waals surface area contributed by atoms with Crippen molar-refractivity contribution in [3.63, 3.8) is 0 Å². The fraction of sp³-hybridized carbons (Fsp3) is 0.125. The van der Waals surface area contributed by atoms with Crippen molar-refractivity contribution in [3.05, 3.63) is 144 Å². The van der Waals surface area contributed by atoms with Crippen LogP contribution in [0.25, 0.3) is 46.0 Å². The monoisotopic (exact) mass is 633 g/mol. The zero-order valence-electron chi connectivity index (χ0n) is 27.1. The highest BCUT2D eigenvalue weighted by Gasteiger charge is 2.26. The average molecular weight is 634 g/mol. The van der Waals surface area contributed by atoms with Crippen LogP contribution in [0.5, 0.6) is 11.5 Å². The van der Waals surface area contributed by atoms with E-state index in [-0.39, 0.29) is 5.78 Å². The van der Waals surface area contributed by atoms with Gasteiger partial charge in [-0.15, -0.1) is 0 Å². The molecule has 0 radical (unpaired) electrons. The summed E-state index contributed by atoms with van der Waals surface area (Å²) in [6, 6.07) is 35.6. The number of nitrogens with zero attached hydrogens (tertiary/aromatic N) is 5. The van der Waals surface area contributed by atoms with Gasteiger partial charge in [0.1, 0.15) is 11.5 Å². The zero-order valence-corrected chi connectivity index (χ0v) is 27.1. The van der Waals surface area contributed by atoms with Gasteiger partial charge < -0.3 is 9.47 Å². The molecule has 238 valence electrons. The van der Waals surface area contributed by atoms with E-state index < -0.39 is 0 Å². The molecule has 0 spiro atoms. The van der Waals surface area contributed by atoms with Gasteiger partial charge in [0.2, 0.25) is 0 Å². The number of aromatic nitrogens is 4. The standard InChI is InChI=1S/C40H35N5O3/c1-43-24-32(22-30-26-44(34-10-6-4-7-11-34)41-38(30)28-14-18-36(47-2)19-15-28)40(46)33(25-43)23-31-27-45(35-12-8-5-9-13-35)42-39(31)29-16-20-37(48-3)21-17-29/h4-23,26-27H,24-25H2,1-3H3/b32-22+,33-23+. The molecule has 8 heteroatoms. The molecule has 1 aliphatic heterocycles. The van der Waals surface area contributed by atoms with E-state index in [2.05, 4.69) is 4.90 Å². The predicted octanol–water partition coefficient (Wildman–Crippen LogP) is 7.39. The Morgan fingerprint density at radius 3 is 1.35 bits per heavy atom. The highest BCUT2D eigenvalue weighted by molar-refractivity contribution is 6.15. The fourth-order valence-electron chi connectivity index (χ4n) is 5.94. The van der Waals surface area contributed by atoms with Gasteiger partial charge in [0.15, 0.2) is 5.78 Å². The Kier molecular flexibility index (Phi) is 8.55. The molecular formula is C40H35N5O3. The molecule has 0 saturated carbocycles. The number of carbonyl (C=O) groups excluding carboxylic acids is 1. The Bertz CT molecular complexity index is 1960. The van der Waals surface area contributed by atoms with Gasteiger partial charge in [0.05, 0.1) is 37.0 Å². The van der Waals surface area contributed by atoms with Gasteiger partial charge in [-0.1, -0.05) is 36.4 Å². The van der Waals surface area contributed by atoms with E-state index in [1.165, 1.54) is 0 Å². The van der Waals surface area contributed by atoms with E-state index in [0.717, 1.165) is 56.5 Å². The number of carbonyl (C=O) groups is 1. The third-order valence-corrected chi connectivity index (χ3v) is 8.38. The second kappa shape index (κ2) is 13.4. The number of methoxy groups -OCH3 is 2. The van der Waals surface area contributed by atoms with Crippen molar-refractivity contribution in [1.29, 1.82) is 0 Å². The highest BCUT2D eigenvalue weighted by atomic mass is 16.5. The Morgan fingerprint density at radius 1 is 0.583 bits per heavy atom. The molecule has 4 aromatic carbocycles. The van der Waals surface area contributed by atoms with E-state index in [1.54, 1.807) is 14.2 Å². The summed E-state index contributed by atoms with van der Waals surface area (Å²) in [5.41, 5.74) is 8.41. The minimum atomic E-state index is 0.00869. The Morgan fingerprint density at radius 2 is 0.979 bits per heavy atom. The van der Waals surface area contributed by atoms with Gasteiger partial charge in [0.25, 0.3) is 0 Å². The molecule has 3 heterocycles. The number of ether oxygens (including phenoxy) is 2. The molecule has 0 amide bonds. The van der Waals surface area contributed by atoms with Crippen molar-refractivity contribution in [1.82, 2.24) is 24.5 Å². The van der Waals surface area contributed by atoms with E-state index in [0.29, 0.717) is 24.2 Å². The number of hydrogen-bond acceptors (Lipinski definition) is 6. The van der Waals surface area contributed by atoms with Gasteiger partial charge in [-0.2, -0.15) is 10.2 Å². The first-order valence-corrected chi connectivity index (χ1v) is 15.7. The molecule has 2 aromatic heterocycles. The number of Topliss-reactive ketones (excluding diaryl/α,β-unsaturated/α-hetero) is 1. The smallest absolute Gasteiger partial charge is 0.187 e. The van der Waals surface area contributed by atoms with Crippen LogP contribution in [-0.2, 0) is 4.79 Å². The number of para-hydroxylation sites is 2. The summed E-state index contributed by atoms with van der Waals surface area (Å²) in [5.74, 6) is 1.54. The Balaban J connectivity index is 1.30. The van der Waals surface area contributed by atoms with Gasteiger partial charge in [-0.3, -0.25) is 9.69 Å².